The van der Waals surface area contributed by atoms with E-state index >= 15 is 0 Å². The lowest BCUT2D eigenvalue weighted by Crippen LogP contribution is -2.40. The molecule has 0 bridgehead atoms. The summed E-state index contributed by atoms with van der Waals surface area (Å²) in [4.78, 5) is -0.348. The van der Waals surface area contributed by atoms with Gasteiger partial charge in [0.1, 0.15) is 10.7 Å². The molecule has 118 valence electrons. The zero-order chi connectivity index (χ0) is 15.6. The molecule has 0 saturated heterocycles. The Hall–Kier alpha value is -0.690. The molecule has 0 unspecified atom stereocenters. The summed E-state index contributed by atoms with van der Waals surface area (Å²) in [6, 6.07) is 3.41. The van der Waals surface area contributed by atoms with Crippen molar-refractivity contribution in [1.82, 2.24) is 4.31 Å². The van der Waals surface area contributed by atoms with Crippen molar-refractivity contribution in [3.05, 3.63) is 29.0 Å². The van der Waals surface area contributed by atoms with Crippen LogP contribution in [0.25, 0.3) is 0 Å². The first-order chi connectivity index (χ1) is 9.86. The van der Waals surface area contributed by atoms with Gasteiger partial charge in [-0.2, -0.15) is 4.31 Å². The zero-order valence-corrected chi connectivity index (χ0v) is 13.4. The van der Waals surface area contributed by atoms with E-state index in [4.69, 9.17) is 16.7 Å². The fourth-order valence-corrected chi connectivity index (χ4v) is 4.34. The third-order valence-corrected chi connectivity index (χ3v) is 6.32. The number of hydrogen-bond donors (Lipinski definition) is 1. The van der Waals surface area contributed by atoms with Crippen LogP contribution in [0.15, 0.2) is 23.1 Å². The monoisotopic (exact) mass is 335 g/mol. The summed E-state index contributed by atoms with van der Waals surface area (Å²) in [5, 5.41) is 9.29. The van der Waals surface area contributed by atoms with Crippen molar-refractivity contribution in [3.8, 4) is 0 Å². The Bertz CT molecular complexity index is 600. The number of rotatable bonds is 4. The summed E-state index contributed by atoms with van der Waals surface area (Å²) in [6.45, 7) is 0.134. The van der Waals surface area contributed by atoms with Crippen molar-refractivity contribution in [3.63, 3.8) is 0 Å². The smallest absolute Gasteiger partial charge is 0.245 e. The SMILES string of the molecule is CN(C1CCC(CO)CC1)S(=O)(=O)c1ccc(Cl)cc1F. The second-order valence-corrected chi connectivity index (χ2v) is 7.86. The number of aliphatic hydroxyl groups excluding tert-OH is 1. The van der Waals surface area contributed by atoms with Crippen molar-refractivity contribution >= 4 is 21.6 Å². The summed E-state index contributed by atoms with van der Waals surface area (Å²) >= 11 is 5.66. The van der Waals surface area contributed by atoms with Gasteiger partial charge in [0.15, 0.2) is 0 Å². The molecule has 1 aliphatic carbocycles. The van der Waals surface area contributed by atoms with Crippen LogP contribution in [-0.2, 0) is 10.0 Å². The standard InChI is InChI=1S/C14H19ClFNO3S/c1-17(12-5-2-10(9-18)3-6-12)21(19,20)14-7-4-11(15)8-13(14)16/h4,7-8,10,12,18H,2-3,5-6,9H2,1H3. The number of sulfonamides is 1. The molecule has 4 nitrogen and oxygen atoms in total. The van der Waals surface area contributed by atoms with Crippen LogP contribution in [0.3, 0.4) is 0 Å². The number of halogens is 2. The van der Waals surface area contributed by atoms with Crippen LogP contribution in [0, 0.1) is 11.7 Å². The number of benzene rings is 1. The molecule has 0 spiro atoms. The zero-order valence-electron chi connectivity index (χ0n) is 11.8. The number of nitrogens with zero attached hydrogens (tertiary/aromatic N) is 1. The van der Waals surface area contributed by atoms with E-state index in [1.54, 1.807) is 0 Å². The van der Waals surface area contributed by atoms with Gasteiger partial charge in [0.2, 0.25) is 10.0 Å². The molecule has 1 aromatic rings. The second-order valence-electron chi connectivity index (χ2n) is 5.45. The van der Waals surface area contributed by atoms with Gasteiger partial charge < -0.3 is 5.11 Å². The molecule has 0 heterocycles. The van der Waals surface area contributed by atoms with Crippen molar-refractivity contribution in [2.75, 3.05) is 13.7 Å². The third-order valence-electron chi connectivity index (χ3n) is 4.14. The lowest BCUT2D eigenvalue weighted by Gasteiger charge is -2.33. The molecular weight excluding hydrogens is 317 g/mol. The third kappa shape index (κ3) is 3.56. The molecule has 1 N–H and O–H groups in total. The fourth-order valence-electron chi connectivity index (χ4n) is 2.73. The molecule has 0 atom stereocenters. The Balaban J connectivity index is 2.19. The van der Waals surface area contributed by atoms with Gasteiger partial charge in [-0.3, -0.25) is 0 Å². The van der Waals surface area contributed by atoms with Crippen LogP contribution in [-0.4, -0.2) is 37.5 Å². The highest BCUT2D eigenvalue weighted by molar-refractivity contribution is 7.89. The van der Waals surface area contributed by atoms with Gasteiger partial charge >= 0.3 is 0 Å². The van der Waals surface area contributed by atoms with Crippen LogP contribution in [0.1, 0.15) is 25.7 Å². The first-order valence-electron chi connectivity index (χ1n) is 6.90. The van der Waals surface area contributed by atoms with Crippen LogP contribution < -0.4 is 0 Å². The van der Waals surface area contributed by atoms with Crippen LogP contribution in [0.5, 0.6) is 0 Å². The molecule has 0 amide bonds. The maximum absolute atomic E-state index is 13.9. The summed E-state index contributed by atoms with van der Waals surface area (Å²) in [7, 11) is -2.39. The summed E-state index contributed by atoms with van der Waals surface area (Å²) in [5.74, 6) is -0.594. The van der Waals surface area contributed by atoms with E-state index in [1.165, 1.54) is 23.5 Å². The molecule has 1 aliphatic rings. The van der Waals surface area contributed by atoms with E-state index in [2.05, 4.69) is 0 Å². The van der Waals surface area contributed by atoms with E-state index in [0.29, 0.717) is 12.8 Å². The molecule has 1 fully saturated rings. The van der Waals surface area contributed by atoms with E-state index in [9.17, 15) is 12.8 Å². The fraction of sp³-hybridized carbons (Fsp3) is 0.571. The molecule has 1 saturated carbocycles. The second kappa shape index (κ2) is 6.60. The topological polar surface area (TPSA) is 57.6 Å². The van der Waals surface area contributed by atoms with Crippen LogP contribution in [0.2, 0.25) is 5.02 Å². The minimum Gasteiger partial charge on any atom is -0.396 e. The maximum atomic E-state index is 13.9. The van der Waals surface area contributed by atoms with Crippen molar-refractivity contribution in [1.29, 1.82) is 0 Å². The van der Waals surface area contributed by atoms with E-state index < -0.39 is 15.8 Å². The minimum atomic E-state index is -3.87. The highest BCUT2D eigenvalue weighted by Crippen LogP contribution is 2.30. The van der Waals surface area contributed by atoms with E-state index in [-0.39, 0.29) is 28.5 Å². The molecule has 1 aromatic carbocycles. The van der Waals surface area contributed by atoms with Gasteiger partial charge in [-0.25, -0.2) is 12.8 Å². The lowest BCUT2D eigenvalue weighted by molar-refractivity contribution is 0.159. The van der Waals surface area contributed by atoms with Gasteiger partial charge in [-0.05, 0) is 49.8 Å². The van der Waals surface area contributed by atoms with Gasteiger partial charge in [-0.15, -0.1) is 0 Å². The number of hydrogen-bond acceptors (Lipinski definition) is 3. The normalized spacial score (nSPS) is 23.5. The summed E-state index contributed by atoms with van der Waals surface area (Å²) < 4.78 is 40.1. The first-order valence-corrected chi connectivity index (χ1v) is 8.72. The Morgan fingerprint density at radius 1 is 1.33 bits per heavy atom. The van der Waals surface area contributed by atoms with E-state index in [1.807, 2.05) is 0 Å². The molecule has 0 aliphatic heterocycles. The molecular formula is C14H19ClFNO3S. The molecule has 2 rings (SSSR count). The first kappa shape index (κ1) is 16.7. The number of aliphatic hydroxyl groups is 1. The molecule has 0 aromatic heterocycles. The Labute approximate surface area is 129 Å². The maximum Gasteiger partial charge on any atom is 0.245 e. The van der Waals surface area contributed by atoms with Gasteiger partial charge in [0.05, 0.1) is 0 Å². The minimum absolute atomic E-state index is 0.134. The van der Waals surface area contributed by atoms with Gasteiger partial charge in [0, 0.05) is 24.7 Å². The van der Waals surface area contributed by atoms with Crippen molar-refractivity contribution < 1.29 is 17.9 Å². The average Bonchev–Trinajstić information content (AvgIpc) is 2.46. The van der Waals surface area contributed by atoms with Crippen LogP contribution in [0.4, 0.5) is 4.39 Å². The highest BCUT2D eigenvalue weighted by atomic mass is 35.5. The highest BCUT2D eigenvalue weighted by Gasteiger charge is 2.32. The molecule has 21 heavy (non-hydrogen) atoms. The van der Waals surface area contributed by atoms with Crippen molar-refractivity contribution in [2.24, 2.45) is 5.92 Å². The summed E-state index contributed by atoms with van der Waals surface area (Å²) in [6.07, 6.45) is 2.92. The summed E-state index contributed by atoms with van der Waals surface area (Å²) in [5.41, 5.74) is 0. The van der Waals surface area contributed by atoms with Crippen molar-refractivity contribution in [2.45, 2.75) is 36.6 Å². The molecule has 0 radical (unpaired) electrons. The van der Waals surface area contributed by atoms with Gasteiger partial charge in [0.25, 0.3) is 0 Å². The predicted octanol–water partition coefficient (Wildman–Crippen LogP) is 2.65. The molecule has 7 heteroatoms. The Kier molecular flexibility index (Phi) is 5.24. The lowest BCUT2D eigenvalue weighted by atomic mass is 9.87. The van der Waals surface area contributed by atoms with Gasteiger partial charge in [-0.1, -0.05) is 11.6 Å². The predicted molar refractivity (Wildman–Crippen MR) is 79.2 cm³/mol. The van der Waals surface area contributed by atoms with Crippen LogP contribution >= 0.6 is 11.6 Å². The largest absolute Gasteiger partial charge is 0.396 e. The average molecular weight is 336 g/mol. The van der Waals surface area contributed by atoms with E-state index in [0.717, 1.165) is 18.9 Å². The quantitative estimate of drug-likeness (QED) is 0.920. The Morgan fingerprint density at radius 2 is 1.95 bits per heavy atom. The Morgan fingerprint density at radius 3 is 2.48 bits per heavy atom.